The summed E-state index contributed by atoms with van der Waals surface area (Å²) in [7, 11) is 0. The standard InChI is InChI=1S/C22H24N4O3S/c1-15-7-8-18(16(2)13-15)26-21(17-5-3-4-6-19(17)27)23-24-22(26)30-14-20(28)25-9-11-29-12-10-25/h3-8,13,27H,9-12,14H2,1-2H3. The van der Waals surface area contributed by atoms with E-state index < -0.39 is 0 Å². The van der Waals surface area contributed by atoms with Crippen LogP contribution in [0.3, 0.4) is 0 Å². The highest BCUT2D eigenvalue weighted by Crippen LogP contribution is 2.33. The SMILES string of the molecule is Cc1ccc(-n2c(SCC(=O)N3CCOCC3)nnc2-c2ccccc2O)c(C)c1. The number of nitrogens with zero attached hydrogens (tertiary/aromatic N) is 4. The number of rotatable bonds is 5. The van der Waals surface area contributed by atoms with Crippen molar-refractivity contribution in [2.24, 2.45) is 0 Å². The number of hydrogen-bond acceptors (Lipinski definition) is 6. The van der Waals surface area contributed by atoms with E-state index in [1.54, 1.807) is 12.1 Å². The molecule has 2 aromatic carbocycles. The molecule has 8 heteroatoms. The molecule has 0 aliphatic carbocycles. The number of hydrogen-bond donors (Lipinski definition) is 1. The van der Waals surface area contributed by atoms with Crippen LogP contribution in [0.4, 0.5) is 0 Å². The van der Waals surface area contributed by atoms with E-state index in [2.05, 4.69) is 16.3 Å². The van der Waals surface area contributed by atoms with Crippen LogP contribution < -0.4 is 0 Å². The number of ether oxygens (including phenoxy) is 1. The van der Waals surface area contributed by atoms with E-state index in [4.69, 9.17) is 4.74 Å². The molecule has 0 saturated carbocycles. The number of carbonyl (C=O) groups excluding carboxylic acids is 1. The van der Waals surface area contributed by atoms with Crippen molar-refractivity contribution in [1.29, 1.82) is 0 Å². The number of phenols is 1. The topological polar surface area (TPSA) is 80.5 Å². The van der Waals surface area contributed by atoms with Crippen molar-refractivity contribution in [2.45, 2.75) is 19.0 Å². The summed E-state index contributed by atoms with van der Waals surface area (Å²) >= 11 is 1.35. The number of carbonyl (C=O) groups is 1. The summed E-state index contributed by atoms with van der Waals surface area (Å²) in [4.78, 5) is 14.4. The van der Waals surface area contributed by atoms with Gasteiger partial charge in [0.1, 0.15) is 5.75 Å². The predicted molar refractivity (Wildman–Crippen MR) is 116 cm³/mol. The molecule has 0 unspecified atom stereocenters. The molecule has 0 bridgehead atoms. The van der Waals surface area contributed by atoms with Crippen LogP contribution in [0.15, 0.2) is 47.6 Å². The molecule has 4 rings (SSSR count). The lowest BCUT2D eigenvalue weighted by Gasteiger charge is -2.26. The second-order valence-corrected chi connectivity index (χ2v) is 8.17. The van der Waals surface area contributed by atoms with E-state index >= 15 is 0 Å². The largest absolute Gasteiger partial charge is 0.507 e. The van der Waals surface area contributed by atoms with Gasteiger partial charge in [0.25, 0.3) is 0 Å². The lowest BCUT2D eigenvalue weighted by Crippen LogP contribution is -2.41. The molecule has 1 amide bonds. The molecule has 7 nitrogen and oxygen atoms in total. The van der Waals surface area contributed by atoms with Crippen LogP contribution in [0.5, 0.6) is 5.75 Å². The molecule has 1 fully saturated rings. The van der Waals surface area contributed by atoms with Crippen molar-refractivity contribution >= 4 is 17.7 Å². The zero-order valence-electron chi connectivity index (χ0n) is 17.0. The predicted octanol–water partition coefficient (Wildman–Crippen LogP) is 3.21. The van der Waals surface area contributed by atoms with Gasteiger partial charge in [-0.05, 0) is 37.6 Å². The van der Waals surface area contributed by atoms with E-state index in [0.29, 0.717) is 42.8 Å². The molecule has 0 atom stereocenters. The van der Waals surface area contributed by atoms with Gasteiger partial charge in [-0.2, -0.15) is 0 Å². The lowest BCUT2D eigenvalue weighted by atomic mass is 10.1. The van der Waals surface area contributed by atoms with Crippen LogP contribution in [0.2, 0.25) is 0 Å². The Labute approximate surface area is 179 Å². The summed E-state index contributed by atoms with van der Waals surface area (Å²) in [5.74, 6) is 1.00. The van der Waals surface area contributed by atoms with Crippen molar-refractivity contribution < 1.29 is 14.6 Å². The molecule has 0 spiro atoms. The van der Waals surface area contributed by atoms with Gasteiger partial charge in [-0.3, -0.25) is 9.36 Å². The molecule has 30 heavy (non-hydrogen) atoms. The van der Waals surface area contributed by atoms with Crippen LogP contribution >= 0.6 is 11.8 Å². The summed E-state index contributed by atoms with van der Waals surface area (Å²) in [6.45, 7) is 6.46. The summed E-state index contributed by atoms with van der Waals surface area (Å²) in [5.41, 5.74) is 3.74. The highest BCUT2D eigenvalue weighted by molar-refractivity contribution is 7.99. The normalized spacial score (nSPS) is 14.1. The van der Waals surface area contributed by atoms with Gasteiger partial charge in [0.05, 0.1) is 30.2 Å². The number of aryl methyl sites for hydroxylation is 2. The number of aromatic nitrogens is 3. The van der Waals surface area contributed by atoms with Gasteiger partial charge < -0.3 is 14.7 Å². The molecule has 3 aromatic rings. The van der Waals surface area contributed by atoms with Crippen LogP contribution in [-0.4, -0.2) is 62.7 Å². The Morgan fingerprint density at radius 2 is 1.90 bits per heavy atom. The first kappa shape index (κ1) is 20.4. The first-order valence-corrected chi connectivity index (χ1v) is 10.8. The Morgan fingerprint density at radius 3 is 2.63 bits per heavy atom. The van der Waals surface area contributed by atoms with E-state index in [1.807, 2.05) is 47.6 Å². The van der Waals surface area contributed by atoms with E-state index in [9.17, 15) is 9.90 Å². The second-order valence-electron chi connectivity index (χ2n) is 7.23. The Hall–Kier alpha value is -2.84. The Kier molecular flexibility index (Phi) is 6.06. The molecular weight excluding hydrogens is 400 g/mol. The van der Waals surface area contributed by atoms with Gasteiger partial charge in [0, 0.05) is 13.1 Å². The van der Waals surface area contributed by atoms with E-state index in [0.717, 1.165) is 16.8 Å². The molecule has 156 valence electrons. The monoisotopic (exact) mass is 424 g/mol. The number of benzene rings is 2. The van der Waals surface area contributed by atoms with E-state index in [1.165, 1.54) is 11.8 Å². The smallest absolute Gasteiger partial charge is 0.233 e. The minimum atomic E-state index is 0.0580. The maximum atomic E-state index is 12.6. The van der Waals surface area contributed by atoms with Crippen LogP contribution in [0.1, 0.15) is 11.1 Å². The van der Waals surface area contributed by atoms with Crippen molar-refractivity contribution in [3.8, 4) is 22.8 Å². The van der Waals surface area contributed by atoms with Crippen molar-refractivity contribution in [1.82, 2.24) is 19.7 Å². The first-order valence-electron chi connectivity index (χ1n) is 9.84. The fourth-order valence-corrected chi connectivity index (χ4v) is 4.35. The highest BCUT2D eigenvalue weighted by atomic mass is 32.2. The van der Waals surface area contributed by atoms with Gasteiger partial charge in [-0.15, -0.1) is 10.2 Å². The summed E-state index contributed by atoms with van der Waals surface area (Å²) in [5, 5.41) is 19.7. The number of thioether (sulfide) groups is 1. The third kappa shape index (κ3) is 4.20. The van der Waals surface area contributed by atoms with Crippen LogP contribution in [0.25, 0.3) is 17.1 Å². The quantitative estimate of drug-likeness (QED) is 0.634. The summed E-state index contributed by atoms with van der Waals surface area (Å²) < 4.78 is 7.24. The fraction of sp³-hybridized carbons (Fsp3) is 0.318. The summed E-state index contributed by atoms with van der Waals surface area (Å²) in [6.07, 6.45) is 0. The highest BCUT2D eigenvalue weighted by Gasteiger charge is 2.22. The Balaban J connectivity index is 1.70. The molecule has 2 heterocycles. The van der Waals surface area contributed by atoms with Gasteiger partial charge in [-0.1, -0.05) is 41.6 Å². The van der Waals surface area contributed by atoms with Gasteiger partial charge >= 0.3 is 0 Å². The average molecular weight is 425 g/mol. The fourth-order valence-electron chi connectivity index (χ4n) is 3.50. The number of aromatic hydroxyl groups is 1. The third-order valence-electron chi connectivity index (χ3n) is 5.06. The van der Waals surface area contributed by atoms with Crippen molar-refractivity contribution in [3.63, 3.8) is 0 Å². The molecule has 1 N–H and O–H groups in total. The number of morpholine rings is 1. The first-order chi connectivity index (χ1) is 14.5. The van der Waals surface area contributed by atoms with E-state index in [-0.39, 0.29) is 17.4 Å². The maximum Gasteiger partial charge on any atom is 0.233 e. The molecule has 1 saturated heterocycles. The van der Waals surface area contributed by atoms with Gasteiger partial charge in [0.2, 0.25) is 5.91 Å². The molecular formula is C22H24N4O3S. The molecule has 1 aliphatic heterocycles. The zero-order chi connectivity index (χ0) is 21.1. The molecule has 1 aliphatic rings. The Bertz CT molecular complexity index is 1060. The van der Waals surface area contributed by atoms with Crippen LogP contribution in [0, 0.1) is 13.8 Å². The summed E-state index contributed by atoms with van der Waals surface area (Å²) in [6, 6.07) is 13.2. The number of amides is 1. The molecule has 1 aromatic heterocycles. The minimum absolute atomic E-state index is 0.0580. The van der Waals surface area contributed by atoms with Crippen molar-refractivity contribution in [2.75, 3.05) is 32.1 Å². The van der Waals surface area contributed by atoms with Crippen LogP contribution in [-0.2, 0) is 9.53 Å². The zero-order valence-corrected chi connectivity index (χ0v) is 17.9. The minimum Gasteiger partial charge on any atom is -0.507 e. The average Bonchev–Trinajstić information content (AvgIpc) is 3.16. The lowest BCUT2D eigenvalue weighted by molar-refractivity contribution is -0.132. The second kappa shape index (κ2) is 8.89. The Morgan fingerprint density at radius 1 is 1.13 bits per heavy atom. The van der Waals surface area contributed by atoms with Gasteiger partial charge in [0.15, 0.2) is 11.0 Å². The number of phenolic OH excluding ortho intramolecular Hbond substituents is 1. The molecule has 0 radical (unpaired) electrons. The third-order valence-corrected chi connectivity index (χ3v) is 5.97. The number of para-hydroxylation sites is 1. The van der Waals surface area contributed by atoms with Crippen molar-refractivity contribution in [3.05, 3.63) is 53.6 Å². The maximum absolute atomic E-state index is 12.6. The van der Waals surface area contributed by atoms with Gasteiger partial charge in [-0.25, -0.2) is 0 Å².